The molecule has 0 N–H and O–H groups in total. The third kappa shape index (κ3) is 5.71. The van der Waals surface area contributed by atoms with E-state index in [1.165, 1.54) is 0 Å². The molecular formula is C46H31N3O2. The first-order valence-electron chi connectivity index (χ1n) is 16.9. The zero-order chi connectivity index (χ0) is 34.1. The highest BCUT2D eigenvalue weighted by Gasteiger charge is 2.21. The van der Waals surface area contributed by atoms with Crippen molar-refractivity contribution < 1.29 is 8.83 Å². The standard InChI is InChI=1S/C46H31N3O2/c1-30-36(37-20-10-12-22-39(37)50-30)19-9-8-16-33-28-29-41-43(38-21-11-13-23-40(38)51-41)42(33)46-48-44(34-17-6-3-7-18-34)47-45(49-46)35-26-24-32(25-27-35)31-14-4-2-5-15-31/h2-15,17-29H,1,16H2/b9-8-,36-19+. The number of aromatic nitrogens is 3. The van der Waals surface area contributed by atoms with Crippen LogP contribution >= 0.6 is 0 Å². The third-order valence-corrected chi connectivity index (χ3v) is 9.22. The smallest absolute Gasteiger partial charge is 0.165 e. The minimum atomic E-state index is 0.594. The summed E-state index contributed by atoms with van der Waals surface area (Å²) in [5.41, 5.74) is 9.19. The predicted octanol–water partition coefficient (Wildman–Crippen LogP) is 10.2. The zero-order valence-corrected chi connectivity index (χ0v) is 27.7. The largest absolute Gasteiger partial charge is 0.457 e. The van der Waals surface area contributed by atoms with Crippen LogP contribution in [0.3, 0.4) is 0 Å². The van der Waals surface area contributed by atoms with Crippen molar-refractivity contribution in [1.29, 1.82) is 0 Å². The lowest BCUT2D eigenvalue weighted by molar-refractivity contribution is 0.577. The fraction of sp³-hybridized carbons (Fsp3) is 0.0217. The van der Waals surface area contributed by atoms with Gasteiger partial charge in [0.05, 0.1) is 0 Å². The van der Waals surface area contributed by atoms with E-state index in [2.05, 4.69) is 91.5 Å². The molecule has 0 aliphatic heterocycles. The number of furan rings is 2. The maximum absolute atomic E-state index is 6.37. The SMILES string of the molecule is C=c1oc2ccccc2/c1=C/C=C\Cc1ccc2oc3ccccc3c2c1-c1nc(-c2ccccc2)nc(-c2ccc(-c3ccccc3)cc2)n1. The van der Waals surface area contributed by atoms with Gasteiger partial charge in [-0.2, -0.15) is 0 Å². The van der Waals surface area contributed by atoms with Gasteiger partial charge in [-0.1, -0.05) is 152 Å². The fourth-order valence-corrected chi connectivity index (χ4v) is 6.72. The summed E-state index contributed by atoms with van der Waals surface area (Å²) in [7, 11) is 0. The normalized spacial score (nSPS) is 12.1. The molecular weight excluding hydrogens is 627 g/mol. The van der Waals surface area contributed by atoms with Gasteiger partial charge in [-0.15, -0.1) is 0 Å². The van der Waals surface area contributed by atoms with Gasteiger partial charge in [-0.05, 0) is 41.3 Å². The molecule has 9 aromatic rings. The van der Waals surface area contributed by atoms with Crippen molar-refractivity contribution in [2.75, 3.05) is 0 Å². The van der Waals surface area contributed by atoms with Crippen molar-refractivity contribution in [3.05, 3.63) is 174 Å². The van der Waals surface area contributed by atoms with Crippen molar-refractivity contribution in [3.8, 4) is 45.3 Å². The van der Waals surface area contributed by atoms with E-state index in [0.717, 1.165) is 71.5 Å². The number of hydrogen-bond donors (Lipinski definition) is 0. The van der Waals surface area contributed by atoms with E-state index in [1.54, 1.807) is 0 Å². The Balaban J connectivity index is 1.21. The highest BCUT2D eigenvalue weighted by molar-refractivity contribution is 6.12. The molecule has 9 rings (SSSR count). The van der Waals surface area contributed by atoms with Gasteiger partial charge in [-0.3, -0.25) is 0 Å². The third-order valence-electron chi connectivity index (χ3n) is 9.22. The van der Waals surface area contributed by atoms with Crippen molar-refractivity contribution in [1.82, 2.24) is 15.0 Å². The van der Waals surface area contributed by atoms with Crippen LogP contribution in [-0.4, -0.2) is 15.0 Å². The Labute approximate surface area is 294 Å². The molecule has 6 aromatic carbocycles. The summed E-state index contributed by atoms with van der Waals surface area (Å²) in [6.45, 7) is 4.13. The molecule has 51 heavy (non-hydrogen) atoms. The summed E-state index contributed by atoms with van der Waals surface area (Å²) < 4.78 is 12.3. The van der Waals surface area contributed by atoms with Gasteiger partial charge in [0.15, 0.2) is 17.5 Å². The second-order valence-electron chi connectivity index (χ2n) is 12.4. The number of benzene rings is 6. The summed E-state index contributed by atoms with van der Waals surface area (Å²) in [6.07, 6.45) is 6.91. The summed E-state index contributed by atoms with van der Waals surface area (Å²) in [6, 6.07) is 49.1. The quantitative estimate of drug-likeness (QED) is 0.171. The molecule has 0 aliphatic carbocycles. The van der Waals surface area contributed by atoms with Gasteiger partial charge in [-0.25, -0.2) is 15.0 Å². The molecule has 0 radical (unpaired) electrons. The number of fused-ring (bicyclic) bond motifs is 4. The molecule has 0 bridgehead atoms. The van der Waals surface area contributed by atoms with E-state index in [-0.39, 0.29) is 0 Å². The molecule has 0 saturated carbocycles. The van der Waals surface area contributed by atoms with Crippen LogP contribution in [0.5, 0.6) is 0 Å². The predicted molar refractivity (Wildman–Crippen MR) is 207 cm³/mol. The van der Waals surface area contributed by atoms with Gasteiger partial charge in [0.25, 0.3) is 0 Å². The maximum Gasteiger partial charge on any atom is 0.165 e. The van der Waals surface area contributed by atoms with Crippen LogP contribution in [0, 0.1) is 0 Å². The first-order chi connectivity index (χ1) is 25.2. The average Bonchev–Trinajstić information content (AvgIpc) is 3.73. The second kappa shape index (κ2) is 12.9. The molecule has 0 fully saturated rings. The molecule has 0 atom stereocenters. The molecule has 0 amide bonds. The Morgan fingerprint density at radius 3 is 1.76 bits per heavy atom. The van der Waals surface area contributed by atoms with Crippen LogP contribution in [-0.2, 0) is 6.42 Å². The van der Waals surface area contributed by atoms with Gasteiger partial charge in [0, 0.05) is 38.1 Å². The monoisotopic (exact) mass is 657 g/mol. The second-order valence-corrected chi connectivity index (χ2v) is 12.4. The Hall–Kier alpha value is -6.85. The average molecular weight is 658 g/mol. The van der Waals surface area contributed by atoms with Crippen molar-refractivity contribution in [2.24, 2.45) is 0 Å². The molecule has 3 heterocycles. The van der Waals surface area contributed by atoms with Crippen molar-refractivity contribution >= 4 is 45.6 Å². The highest BCUT2D eigenvalue weighted by Crippen LogP contribution is 2.39. The number of nitrogens with zero attached hydrogens (tertiary/aromatic N) is 3. The fourth-order valence-electron chi connectivity index (χ4n) is 6.72. The Kier molecular flexibility index (Phi) is 7.63. The van der Waals surface area contributed by atoms with Gasteiger partial charge in [0.2, 0.25) is 0 Å². The van der Waals surface area contributed by atoms with Gasteiger partial charge >= 0.3 is 0 Å². The molecule has 0 unspecified atom stereocenters. The molecule has 0 saturated heterocycles. The molecule has 0 aliphatic rings. The first-order valence-corrected chi connectivity index (χ1v) is 16.9. The lowest BCUT2D eigenvalue weighted by Crippen LogP contribution is -2.17. The van der Waals surface area contributed by atoms with E-state index in [1.807, 2.05) is 78.9 Å². The summed E-state index contributed by atoms with van der Waals surface area (Å²) >= 11 is 0. The maximum atomic E-state index is 6.37. The Morgan fingerprint density at radius 2 is 1.04 bits per heavy atom. The Morgan fingerprint density at radius 1 is 0.490 bits per heavy atom. The number of para-hydroxylation sites is 2. The molecule has 5 nitrogen and oxygen atoms in total. The molecule has 242 valence electrons. The van der Waals surface area contributed by atoms with Crippen LogP contribution in [0.25, 0.3) is 90.9 Å². The van der Waals surface area contributed by atoms with E-state index >= 15 is 0 Å². The minimum Gasteiger partial charge on any atom is -0.457 e. The van der Waals surface area contributed by atoms with E-state index < -0.39 is 0 Å². The van der Waals surface area contributed by atoms with Gasteiger partial charge < -0.3 is 8.83 Å². The molecule has 3 aromatic heterocycles. The summed E-state index contributed by atoms with van der Waals surface area (Å²) in [4.78, 5) is 15.4. The number of allylic oxidation sites excluding steroid dienone is 2. The van der Waals surface area contributed by atoms with Crippen LogP contribution < -0.4 is 10.6 Å². The number of rotatable bonds is 7. The van der Waals surface area contributed by atoms with Crippen molar-refractivity contribution in [2.45, 2.75) is 6.42 Å². The van der Waals surface area contributed by atoms with Crippen LogP contribution in [0.4, 0.5) is 0 Å². The zero-order valence-electron chi connectivity index (χ0n) is 27.7. The van der Waals surface area contributed by atoms with E-state index in [4.69, 9.17) is 23.8 Å². The van der Waals surface area contributed by atoms with Crippen LogP contribution in [0.2, 0.25) is 0 Å². The van der Waals surface area contributed by atoms with E-state index in [0.29, 0.717) is 29.3 Å². The summed E-state index contributed by atoms with van der Waals surface area (Å²) in [5, 5.41) is 4.02. The molecule has 0 spiro atoms. The first kappa shape index (κ1) is 30.2. The van der Waals surface area contributed by atoms with E-state index in [9.17, 15) is 0 Å². The number of hydrogen-bond acceptors (Lipinski definition) is 5. The summed E-state index contributed by atoms with van der Waals surface area (Å²) in [5.74, 6) is 1.81. The van der Waals surface area contributed by atoms with Gasteiger partial charge in [0.1, 0.15) is 22.2 Å². The lowest BCUT2D eigenvalue weighted by atomic mass is 9.97. The lowest BCUT2D eigenvalue weighted by Gasteiger charge is -2.12. The van der Waals surface area contributed by atoms with Crippen LogP contribution in [0.1, 0.15) is 5.56 Å². The molecule has 5 heteroatoms. The Bertz CT molecular complexity index is 2830. The minimum absolute atomic E-state index is 0.594. The topological polar surface area (TPSA) is 65.0 Å². The highest BCUT2D eigenvalue weighted by atomic mass is 16.3. The van der Waals surface area contributed by atoms with Crippen molar-refractivity contribution in [3.63, 3.8) is 0 Å². The van der Waals surface area contributed by atoms with Crippen LogP contribution in [0.15, 0.2) is 167 Å².